The Morgan fingerprint density at radius 2 is 0.500 bits per heavy atom. The Labute approximate surface area is 67.6 Å². The van der Waals surface area contributed by atoms with Gasteiger partial charge in [0.1, 0.15) is 0 Å². The van der Waals surface area contributed by atoms with Crippen molar-refractivity contribution in [2.24, 2.45) is 0 Å². The molecule has 0 spiro atoms. The minimum absolute atomic E-state index is 0. The van der Waals surface area contributed by atoms with Crippen LogP contribution in [0, 0.1) is 0 Å². The SMILES string of the molecule is [Cu+2].[Cu+2].[Fe+2].[O-2].[O-2].[O-2]. The fourth-order valence-corrected chi connectivity index (χ4v) is 0. The maximum Gasteiger partial charge on any atom is 2.00 e. The van der Waals surface area contributed by atoms with E-state index in [-0.39, 0.29) is 67.6 Å². The van der Waals surface area contributed by atoms with Crippen LogP contribution in [-0.2, 0) is 67.6 Å². The predicted octanol–water partition coefficient (Wildman–Crippen LogP) is -0.364. The minimum atomic E-state index is 0. The van der Waals surface area contributed by atoms with E-state index in [2.05, 4.69) is 0 Å². The quantitative estimate of drug-likeness (QED) is 0.509. The molecule has 2 radical (unpaired) electrons. The molecule has 0 aromatic rings. The second-order valence-electron chi connectivity index (χ2n) is 0. The van der Waals surface area contributed by atoms with E-state index in [0.29, 0.717) is 0 Å². The van der Waals surface area contributed by atoms with Gasteiger partial charge in [-0.2, -0.15) is 0 Å². The van der Waals surface area contributed by atoms with Crippen molar-refractivity contribution in [3.05, 3.63) is 0 Å². The molecule has 0 saturated carbocycles. The normalized spacial score (nSPS) is 0. The fraction of sp³-hybridized carbons (Fsp3) is 0. The van der Waals surface area contributed by atoms with Crippen LogP contribution in [0.25, 0.3) is 0 Å². The van der Waals surface area contributed by atoms with Crippen LogP contribution in [0.1, 0.15) is 0 Å². The molecule has 0 amide bonds. The first-order valence-corrected chi connectivity index (χ1v) is 0. The molecule has 0 aliphatic rings. The van der Waals surface area contributed by atoms with Gasteiger partial charge in [0.05, 0.1) is 0 Å². The zero-order valence-electron chi connectivity index (χ0n) is 2.18. The Kier molecular flexibility index (Phi) is 2290. The van der Waals surface area contributed by atoms with Crippen molar-refractivity contribution in [2.45, 2.75) is 0 Å². The van der Waals surface area contributed by atoms with Gasteiger partial charge in [0, 0.05) is 0 Å². The van der Waals surface area contributed by atoms with Crippen LogP contribution in [-0.4, -0.2) is 0 Å². The molecule has 0 bridgehead atoms. The molecular formula is Cu2FeO3. The summed E-state index contributed by atoms with van der Waals surface area (Å²) in [6, 6.07) is 0. The minimum Gasteiger partial charge on any atom is -2.00 e. The zero-order valence-corrected chi connectivity index (χ0v) is 5.17. The number of rotatable bonds is 0. The third-order valence-corrected chi connectivity index (χ3v) is 0. The van der Waals surface area contributed by atoms with Crippen LogP contribution in [0.5, 0.6) is 0 Å². The molecule has 0 unspecified atom stereocenters. The van der Waals surface area contributed by atoms with Gasteiger partial charge < -0.3 is 16.4 Å². The zero-order chi connectivity index (χ0) is 0. The van der Waals surface area contributed by atoms with E-state index in [1.165, 1.54) is 0 Å². The van der Waals surface area contributed by atoms with Crippen molar-refractivity contribution in [1.82, 2.24) is 0 Å². The summed E-state index contributed by atoms with van der Waals surface area (Å²) in [6.45, 7) is 0. The Bertz CT molecular complexity index is 8.75. The average Bonchev–Trinajstić information content (AvgIpc) is 0. The van der Waals surface area contributed by atoms with Crippen molar-refractivity contribution < 1.29 is 67.6 Å². The molecule has 6 heavy (non-hydrogen) atoms. The Morgan fingerprint density at radius 3 is 0.500 bits per heavy atom. The molecule has 0 aliphatic heterocycles. The van der Waals surface area contributed by atoms with Gasteiger partial charge in [0.2, 0.25) is 0 Å². The topological polar surface area (TPSA) is 85.5 Å². The van der Waals surface area contributed by atoms with Crippen LogP contribution in [0.3, 0.4) is 0 Å². The van der Waals surface area contributed by atoms with Crippen molar-refractivity contribution in [2.75, 3.05) is 0 Å². The van der Waals surface area contributed by atoms with Crippen LogP contribution in [0.4, 0.5) is 0 Å². The second-order valence-corrected chi connectivity index (χ2v) is 0. The summed E-state index contributed by atoms with van der Waals surface area (Å²) in [5, 5.41) is 0. The largest absolute Gasteiger partial charge is 2.00 e. The first-order chi connectivity index (χ1) is 0. The summed E-state index contributed by atoms with van der Waals surface area (Å²) >= 11 is 0. The molecular weight excluding hydrogens is 231 g/mol. The van der Waals surface area contributed by atoms with Gasteiger partial charge in [-0.05, 0) is 0 Å². The van der Waals surface area contributed by atoms with Crippen molar-refractivity contribution in [3.8, 4) is 0 Å². The summed E-state index contributed by atoms with van der Waals surface area (Å²) in [5.74, 6) is 0. The van der Waals surface area contributed by atoms with Crippen LogP contribution < -0.4 is 0 Å². The molecule has 0 atom stereocenters. The van der Waals surface area contributed by atoms with E-state index in [0.717, 1.165) is 0 Å². The van der Waals surface area contributed by atoms with Crippen LogP contribution in [0.2, 0.25) is 0 Å². The van der Waals surface area contributed by atoms with Gasteiger partial charge in [-0.25, -0.2) is 0 Å². The summed E-state index contributed by atoms with van der Waals surface area (Å²) in [4.78, 5) is 0. The van der Waals surface area contributed by atoms with Gasteiger partial charge in [-0.1, -0.05) is 0 Å². The monoisotopic (exact) mass is 230 g/mol. The van der Waals surface area contributed by atoms with Crippen molar-refractivity contribution in [1.29, 1.82) is 0 Å². The molecule has 0 rings (SSSR count). The molecule has 0 saturated heterocycles. The van der Waals surface area contributed by atoms with Crippen LogP contribution in [0.15, 0.2) is 0 Å². The van der Waals surface area contributed by atoms with E-state index in [9.17, 15) is 0 Å². The third kappa shape index (κ3) is 51.8. The van der Waals surface area contributed by atoms with Gasteiger partial charge in [-0.15, -0.1) is 0 Å². The second kappa shape index (κ2) is 92.0. The summed E-state index contributed by atoms with van der Waals surface area (Å²) in [6.07, 6.45) is 0. The van der Waals surface area contributed by atoms with Gasteiger partial charge in [-0.3, -0.25) is 0 Å². The summed E-state index contributed by atoms with van der Waals surface area (Å²) in [5.41, 5.74) is 0. The van der Waals surface area contributed by atoms with E-state index >= 15 is 0 Å². The maximum absolute atomic E-state index is 0. The molecule has 0 aliphatic carbocycles. The van der Waals surface area contributed by atoms with Gasteiger partial charge >= 0.3 is 51.2 Å². The molecule has 48 valence electrons. The molecule has 0 N–H and O–H groups in total. The van der Waals surface area contributed by atoms with E-state index in [1.54, 1.807) is 0 Å². The standard InChI is InChI=1S/2Cu.Fe.3O/q3*+2;3*-2. The average molecular weight is 231 g/mol. The Morgan fingerprint density at radius 1 is 0.500 bits per heavy atom. The number of hydrogen-bond donors (Lipinski definition) is 0. The van der Waals surface area contributed by atoms with Gasteiger partial charge in [0.25, 0.3) is 0 Å². The van der Waals surface area contributed by atoms with Crippen molar-refractivity contribution >= 4 is 0 Å². The summed E-state index contributed by atoms with van der Waals surface area (Å²) < 4.78 is 0. The molecule has 0 aromatic heterocycles. The molecule has 0 heterocycles. The van der Waals surface area contributed by atoms with E-state index < -0.39 is 0 Å². The smallest absolute Gasteiger partial charge is 2.00 e. The maximum atomic E-state index is 0. The molecule has 0 aromatic carbocycles. The van der Waals surface area contributed by atoms with Crippen LogP contribution >= 0.6 is 0 Å². The fourth-order valence-electron chi connectivity index (χ4n) is 0. The third-order valence-electron chi connectivity index (χ3n) is 0. The van der Waals surface area contributed by atoms with E-state index in [1.807, 2.05) is 0 Å². The molecule has 6 heteroatoms. The molecule has 3 nitrogen and oxygen atoms in total. The first kappa shape index (κ1) is 149. The molecule has 0 fully saturated rings. The van der Waals surface area contributed by atoms with Gasteiger partial charge in [0.15, 0.2) is 0 Å². The first-order valence-electron chi connectivity index (χ1n) is 0. The summed E-state index contributed by atoms with van der Waals surface area (Å²) in [7, 11) is 0. The van der Waals surface area contributed by atoms with Crippen molar-refractivity contribution in [3.63, 3.8) is 0 Å². The van der Waals surface area contributed by atoms with E-state index in [4.69, 9.17) is 0 Å². The Balaban J connectivity index is 0. The Hall–Kier alpha value is 1.44. The number of hydrogen-bond acceptors (Lipinski definition) is 0. The predicted molar refractivity (Wildman–Crippen MR) is 2.06 cm³/mol.